The molecule has 1 saturated heterocycles. The van der Waals surface area contributed by atoms with Crippen LogP contribution >= 0.6 is 26.8 Å². The summed E-state index contributed by atoms with van der Waals surface area (Å²) in [7, 11) is 4.70. The number of amides is 1. The van der Waals surface area contributed by atoms with E-state index in [1.807, 2.05) is 0 Å². The summed E-state index contributed by atoms with van der Waals surface area (Å²) in [6, 6.07) is -0.420. The van der Waals surface area contributed by atoms with Crippen molar-refractivity contribution in [3.8, 4) is 0 Å². The van der Waals surface area contributed by atoms with Gasteiger partial charge < -0.3 is 9.84 Å². The summed E-state index contributed by atoms with van der Waals surface area (Å²) < 4.78 is 4.88. The fraction of sp³-hybridized carbons (Fsp3) is 0.714. The molecule has 1 heterocycles. The van der Waals surface area contributed by atoms with Gasteiger partial charge in [0.25, 0.3) is 0 Å². The molecule has 5 atom stereocenters. The Labute approximate surface area is 95.1 Å². The highest BCUT2D eigenvalue weighted by Gasteiger charge is 2.30. The summed E-state index contributed by atoms with van der Waals surface area (Å²) in [5.74, 6) is -0.358. The van der Waals surface area contributed by atoms with Crippen LogP contribution in [0.4, 0.5) is 0 Å². The van der Waals surface area contributed by atoms with Crippen molar-refractivity contribution < 1.29 is 14.1 Å². The second-order valence-corrected chi connectivity index (χ2v) is 4.75. The SMILES string of the molecule is O=C1NCCC1CC(NP)C(=O)OPP. The van der Waals surface area contributed by atoms with E-state index in [1.54, 1.807) is 0 Å². The fourth-order valence-corrected chi connectivity index (χ4v) is 2.39. The lowest BCUT2D eigenvalue weighted by Crippen LogP contribution is -2.34. The molecule has 0 aromatic rings. The van der Waals surface area contributed by atoms with Gasteiger partial charge in [-0.25, -0.2) is 0 Å². The highest BCUT2D eigenvalue weighted by atomic mass is 32.0. The Kier molecular flexibility index (Phi) is 5.92. The molecule has 1 aliphatic heterocycles. The van der Waals surface area contributed by atoms with E-state index in [0.717, 1.165) is 6.42 Å². The van der Waals surface area contributed by atoms with Crippen LogP contribution in [-0.4, -0.2) is 24.5 Å². The van der Waals surface area contributed by atoms with Gasteiger partial charge in [-0.2, -0.15) is 0 Å². The van der Waals surface area contributed by atoms with Gasteiger partial charge in [0.15, 0.2) is 0 Å². The molecule has 86 valence electrons. The second kappa shape index (κ2) is 6.70. The van der Waals surface area contributed by atoms with Gasteiger partial charge in [-0.15, -0.1) is 0 Å². The molecule has 2 N–H and O–H groups in total. The van der Waals surface area contributed by atoms with Crippen LogP contribution in [0, 0.1) is 5.92 Å². The lowest BCUT2D eigenvalue weighted by molar-refractivity contribution is -0.135. The molecule has 5 nitrogen and oxygen atoms in total. The third kappa shape index (κ3) is 3.92. The van der Waals surface area contributed by atoms with Crippen LogP contribution in [0.15, 0.2) is 0 Å². The first-order chi connectivity index (χ1) is 7.19. The van der Waals surface area contributed by atoms with Crippen molar-refractivity contribution in [1.29, 1.82) is 0 Å². The van der Waals surface area contributed by atoms with Crippen molar-refractivity contribution in [3.05, 3.63) is 0 Å². The summed E-state index contributed by atoms with van der Waals surface area (Å²) >= 11 is 0. The highest BCUT2D eigenvalue weighted by Crippen LogP contribution is 2.24. The van der Waals surface area contributed by atoms with Crippen LogP contribution in [0.25, 0.3) is 0 Å². The quantitative estimate of drug-likeness (QED) is 0.698. The Bertz CT molecular complexity index is 252. The molecular formula is C7H15N2O3P3. The summed E-state index contributed by atoms with van der Waals surface area (Å²) in [4.78, 5) is 22.7. The first-order valence-corrected chi connectivity index (χ1v) is 7.88. The number of carbonyl (C=O) groups is 2. The first-order valence-electron chi connectivity index (χ1n) is 4.59. The summed E-state index contributed by atoms with van der Waals surface area (Å²) in [5, 5.41) is 5.53. The monoisotopic (exact) mass is 268 g/mol. The van der Waals surface area contributed by atoms with Crippen LogP contribution in [0.5, 0.6) is 0 Å². The standard InChI is InChI=1S/C7H15N2O3P3/c10-6-4(1-2-8-6)3-5(9-13)7(11)12-15-14/h4-5,9,15H,1-3,13-14H2,(H,8,10). The minimum atomic E-state index is -0.420. The van der Waals surface area contributed by atoms with Gasteiger partial charge in [0.05, 0.1) is 8.50 Å². The maximum atomic E-state index is 11.4. The van der Waals surface area contributed by atoms with E-state index in [1.165, 1.54) is 0 Å². The van der Waals surface area contributed by atoms with Crippen LogP contribution in [0.2, 0.25) is 0 Å². The third-order valence-electron chi connectivity index (χ3n) is 2.33. The van der Waals surface area contributed by atoms with Crippen molar-refractivity contribution in [2.24, 2.45) is 5.92 Å². The summed E-state index contributed by atoms with van der Waals surface area (Å²) in [6.45, 7) is 0.702. The zero-order valence-corrected chi connectivity index (χ0v) is 11.5. The van der Waals surface area contributed by atoms with E-state index in [2.05, 4.69) is 28.7 Å². The Morgan fingerprint density at radius 2 is 2.53 bits per heavy atom. The second-order valence-electron chi connectivity index (χ2n) is 3.27. The molecule has 0 aromatic carbocycles. The smallest absolute Gasteiger partial charge is 0.326 e. The average Bonchev–Trinajstić information content (AvgIpc) is 2.61. The number of hydrogen-bond acceptors (Lipinski definition) is 4. The van der Waals surface area contributed by atoms with Crippen molar-refractivity contribution in [2.75, 3.05) is 6.54 Å². The maximum Gasteiger partial charge on any atom is 0.326 e. The maximum absolute atomic E-state index is 11.4. The fourth-order valence-electron chi connectivity index (χ4n) is 1.52. The number of hydrogen-bond donors (Lipinski definition) is 2. The number of nitrogens with one attached hydrogen (secondary N) is 2. The Hall–Kier alpha value is 0.190. The van der Waals surface area contributed by atoms with Gasteiger partial charge in [-0.3, -0.25) is 14.7 Å². The van der Waals surface area contributed by atoms with Gasteiger partial charge in [0, 0.05) is 12.5 Å². The van der Waals surface area contributed by atoms with Crippen molar-refractivity contribution in [2.45, 2.75) is 18.9 Å². The zero-order chi connectivity index (χ0) is 11.3. The molecule has 0 radical (unpaired) electrons. The first kappa shape index (κ1) is 13.3. The normalized spacial score (nSPS) is 23.1. The van der Waals surface area contributed by atoms with Gasteiger partial charge in [-0.05, 0) is 12.8 Å². The van der Waals surface area contributed by atoms with E-state index in [4.69, 9.17) is 4.52 Å². The van der Waals surface area contributed by atoms with E-state index in [0.29, 0.717) is 13.0 Å². The third-order valence-corrected chi connectivity index (χ3v) is 3.40. The molecule has 1 amide bonds. The van der Waals surface area contributed by atoms with Gasteiger partial charge in [0.1, 0.15) is 6.04 Å². The molecule has 15 heavy (non-hydrogen) atoms. The van der Waals surface area contributed by atoms with Crippen LogP contribution < -0.4 is 10.4 Å². The molecule has 1 fully saturated rings. The predicted molar refractivity (Wildman–Crippen MR) is 66.5 cm³/mol. The van der Waals surface area contributed by atoms with E-state index >= 15 is 0 Å². The minimum Gasteiger partial charge on any atom is -0.443 e. The van der Waals surface area contributed by atoms with Crippen LogP contribution in [0.1, 0.15) is 12.8 Å². The van der Waals surface area contributed by atoms with Crippen LogP contribution in [0.3, 0.4) is 0 Å². The van der Waals surface area contributed by atoms with Gasteiger partial charge in [-0.1, -0.05) is 18.3 Å². The lowest BCUT2D eigenvalue weighted by Gasteiger charge is -2.16. The van der Waals surface area contributed by atoms with Crippen molar-refractivity contribution in [3.63, 3.8) is 0 Å². The molecule has 0 aliphatic carbocycles. The van der Waals surface area contributed by atoms with E-state index < -0.39 is 6.04 Å². The summed E-state index contributed by atoms with van der Waals surface area (Å²) in [6.07, 6.45) is 1.28. The minimum absolute atomic E-state index is 0.0290. The molecular weight excluding hydrogens is 253 g/mol. The molecule has 0 saturated carbocycles. The Morgan fingerprint density at radius 1 is 1.80 bits per heavy atom. The molecule has 0 spiro atoms. The van der Waals surface area contributed by atoms with Gasteiger partial charge >= 0.3 is 5.97 Å². The molecule has 0 bridgehead atoms. The molecule has 1 aliphatic rings. The van der Waals surface area contributed by atoms with Crippen molar-refractivity contribution >= 4 is 38.7 Å². The Balaban J connectivity index is 2.45. The van der Waals surface area contributed by atoms with E-state index in [9.17, 15) is 9.59 Å². The summed E-state index contributed by atoms with van der Waals surface area (Å²) in [5.41, 5.74) is 0. The largest absolute Gasteiger partial charge is 0.443 e. The average molecular weight is 268 g/mol. The topological polar surface area (TPSA) is 67.4 Å². The highest BCUT2D eigenvalue weighted by molar-refractivity contribution is 8.00. The molecule has 8 heteroatoms. The van der Waals surface area contributed by atoms with E-state index in [-0.39, 0.29) is 26.3 Å². The number of carbonyl (C=O) groups excluding carboxylic acids is 2. The van der Waals surface area contributed by atoms with Gasteiger partial charge in [0.2, 0.25) is 5.91 Å². The zero-order valence-electron chi connectivity index (χ0n) is 8.16. The Morgan fingerprint density at radius 3 is 3.00 bits per heavy atom. The van der Waals surface area contributed by atoms with Crippen molar-refractivity contribution in [1.82, 2.24) is 10.4 Å². The lowest BCUT2D eigenvalue weighted by atomic mass is 9.99. The molecule has 0 aromatic heterocycles. The van der Waals surface area contributed by atoms with Crippen LogP contribution in [-0.2, 0) is 14.1 Å². The molecule has 1 rings (SSSR count). The number of rotatable bonds is 5. The predicted octanol–water partition coefficient (Wildman–Crippen LogP) is 0.188. The molecule has 5 unspecified atom stereocenters.